The van der Waals surface area contributed by atoms with Crippen LogP contribution in [0.3, 0.4) is 0 Å². The Morgan fingerprint density at radius 1 is 1.06 bits per heavy atom. The first-order valence-electron chi connectivity index (χ1n) is 10.1. The zero-order valence-corrected chi connectivity index (χ0v) is 18.7. The molecule has 1 atom stereocenters. The van der Waals surface area contributed by atoms with E-state index < -0.39 is 34.2 Å². The van der Waals surface area contributed by atoms with E-state index in [1.807, 2.05) is 6.07 Å². The molecular formula is C21H23N5O7S. The number of ether oxygens (including phenoxy) is 1. The van der Waals surface area contributed by atoms with Crippen molar-refractivity contribution >= 4 is 27.7 Å². The Morgan fingerprint density at radius 2 is 1.82 bits per heavy atom. The van der Waals surface area contributed by atoms with E-state index in [4.69, 9.17) is 9.26 Å². The molecule has 0 aliphatic heterocycles. The highest BCUT2D eigenvalue weighted by molar-refractivity contribution is 7.89. The molecule has 12 nitrogen and oxygen atoms in total. The monoisotopic (exact) mass is 489 g/mol. The van der Waals surface area contributed by atoms with Crippen LogP contribution in [0.1, 0.15) is 17.0 Å². The van der Waals surface area contributed by atoms with Crippen molar-refractivity contribution in [1.82, 2.24) is 20.2 Å². The van der Waals surface area contributed by atoms with Crippen molar-refractivity contribution in [2.75, 3.05) is 25.1 Å². The van der Waals surface area contributed by atoms with Crippen molar-refractivity contribution < 1.29 is 32.4 Å². The van der Waals surface area contributed by atoms with Crippen LogP contribution in [0, 0.1) is 0 Å². The SMILES string of the molecule is O=C(NC(COCCCNc1ccccn1)(NS(=O)(=O)c1ccccc1)C(=O)O)c1ccno1. The molecule has 0 fully saturated rings. The average molecular weight is 490 g/mol. The first-order chi connectivity index (χ1) is 16.3. The van der Waals surface area contributed by atoms with E-state index in [0.717, 1.165) is 0 Å². The van der Waals surface area contributed by atoms with Gasteiger partial charge >= 0.3 is 5.97 Å². The van der Waals surface area contributed by atoms with E-state index in [-0.39, 0.29) is 17.3 Å². The molecule has 3 rings (SSSR count). The van der Waals surface area contributed by atoms with Gasteiger partial charge in [0.2, 0.25) is 21.4 Å². The van der Waals surface area contributed by atoms with Crippen molar-refractivity contribution in [3.8, 4) is 0 Å². The Morgan fingerprint density at radius 3 is 2.47 bits per heavy atom. The molecule has 2 aromatic heterocycles. The van der Waals surface area contributed by atoms with Gasteiger partial charge in [-0.25, -0.2) is 18.2 Å². The lowest BCUT2D eigenvalue weighted by atomic mass is 10.2. The Labute approximate surface area is 195 Å². The van der Waals surface area contributed by atoms with E-state index in [1.54, 1.807) is 24.4 Å². The van der Waals surface area contributed by atoms with E-state index in [0.29, 0.717) is 18.8 Å². The molecule has 0 radical (unpaired) electrons. The lowest BCUT2D eigenvalue weighted by Crippen LogP contribution is -2.68. The molecule has 180 valence electrons. The highest BCUT2D eigenvalue weighted by atomic mass is 32.2. The number of carbonyl (C=O) groups excluding carboxylic acids is 1. The standard InChI is InChI=1S/C21H23N5O7S/c27-19(17-10-13-24-33-17)25-21(20(28)29,26-34(30,31)16-7-2-1-3-8-16)15-32-14-6-12-23-18-9-4-5-11-22-18/h1-5,7-11,13,26H,6,12,14-15H2,(H,22,23)(H,25,27)(H,28,29). The topological polar surface area (TPSA) is 173 Å². The molecular weight excluding hydrogens is 466 g/mol. The molecule has 0 aliphatic carbocycles. The summed E-state index contributed by atoms with van der Waals surface area (Å²) in [5, 5.41) is 18.6. The van der Waals surface area contributed by atoms with Crippen molar-refractivity contribution in [1.29, 1.82) is 0 Å². The van der Waals surface area contributed by atoms with Gasteiger partial charge in [0, 0.05) is 25.4 Å². The van der Waals surface area contributed by atoms with Gasteiger partial charge in [-0.1, -0.05) is 29.4 Å². The van der Waals surface area contributed by atoms with Crippen LogP contribution in [0.25, 0.3) is 0 Å². The third kappa shape index (κ3) is 6.60. The summed E-state index contributed by atoms with van der Waals surface area (Å²) in [6.07, 6.45) is 3.28. The fraction of sp³-hybridized carbons (Fsp3) is 0.238. The minimum absolute atomic E-state index is 0.0695. The van der Waals surface area contributed by atoms with Gasteiger partial charge in [-0.15, -0.1) is 0 Å². The van der Waals surface area contributed by atoms with Gasteiger partial charge in [-0.2, -0.15) is 4.72 Å². The predicted molar refractivity (Wildman–Crippen MR) is 119 cm³/mol. The van der Waals surface area contributed by atoms with Crippen LogP contribution in [0.4, 0.5) is 5.82 Å². The molecule has 0 saturated carbocycles. The highest BCUT2D eigenvalue weighted by Crippen LogP contribution is 2.14. The Hall–Kier alpha value is -3.81. The summed E-state index contributed by atoms with van der Waals surface area (Å²) >= 11 is 0. The summed E-state index contributed by atoms with van der Waals surface area (Å²) < 4.78 is 38.0. The van der Waals surface area contributed by atoms with E-state index >= 15 is 0 Å². The number of amides is 1. The van der Waals surface area contributed by atoms with E-state index in [2.05, 4.69) is 25.5 Å². The van der Waals surface area contributed by atoms with E-state index in [9.17, 15) is 23.1 Å². The van der Waals surface area contributed by atoms with Crippen molar-refractivity contribution in [3.05, 3.63) is 72.8 Å². The smallest absolute Gasteiger partial charge is 0.348 e. The summed E-state index contributed by atoms with van der Waals surface area (Å²) in [6, 6.07) is 13.7. The van der Waals surface area contributed by atoms with Crippen LogP contribution in [0.2, 0.25) is 0 Å². The number of anilines is 1. The maximum atomic E-state index is 12.9. The predicted octanol–water partition coefficient (Wildman–Crippen LogP) is 1.08. The molecule has 1 aromatic carbocycles. The maximum absolute atomic E-state index is 12.9. The van der Waals surface area contributed by atoms with Crippen molar-refractivity contribution in [3.63, 3.8) is 0 Å². The number of aliphatic carboxylic acids is 1. The maximum Gasteiger partial charge on any atom is 0.348 e. The molecule has 1 unspecified atom stereocenters. The van der Waals surface area contributed by atoms with E-state index in [1.165, 1.54) is 36.5 Å². The van der Waals surface area contributed by atoms with Gasteiger partial charge in [0.25, 0.3) is 5.91 Å². The summed E-state index contributed by atoms with van der Waals surface area (Å²) in [5.74, 6) is -2.30. The van der Waals surface area contributed by atoms with Crippen molar-refractivity contribution in [2.24, 2.45) is 0 Å². The van der Waals surface area contributed by atoms with Gasteiger partial charge in [-0.05, 0) is 30.7 Å². The lowest BCUT2D eigenvalue weighted by Gasteiger charge is -2.30. The first kappa shape index (κ1) is 24.8. The lowest BCUT2D eigenvalue weighted by molar-refractivity contribution is -0.148. The Kier molecular flexibility index (Phi) is 8.29. The Bertz CT molecular complexity index is 1170. The second-order valence-corrected chi connectivity index (χ2v) is 8.69. The van der Waals surface area contributed by atoms with Gasteiger partial charge in [-0.3, -0.25) is 4.79 Å². The molecule has 13 heteroatoms. The van der Waals surface area contributed by atoms with Crippen LogP contribution < -0.4 is 15.4 Å². The fourth-order valence-corrected chi connectivity index (χ4v) is 4.10. The number of carbonyl (C=O) groups is 2. The molecule has 2 heterocycles. The number of hydrogen-bond donors (Lipinski definition) is 4. The third-order valence-corrected chi connectivity index (χ3v) is 5.98. The van der Waals surface area contributed by atoms with Crippen LogP contribution in [-0.4, -0.2) is 61.0 Å². The third-order valence-electron chi connectivity index (χ3n) is 4.47. The molecule has 1 amide bonds. The van der Waals surface area contributed by atoms with Gasteiger partial charge in [0.15, 0.2) is 0 Å². The molecule has 0 aliphatic rings. The first-order valence-corrected chi connectivity index (χ1v) is 11.6. The zero-order chi connectivity index (χ0) is 24.4. The number of sulfonamides is 1. The van der Waals surface area contributed by atoms with Crippen LogP contribution in [-0.2, 0) is 19.6 Å². The van der Waals surface area contributed by atoms with Gasteiger partial charge in [0.1, 0.15) is 5.82 Å². The largest absolute Gasteiger partial charge is 0.478 e. The fourth-order valence-electron chi connectivity index (χ4n) is 2.81. The number of pyridine rings is 1. The summed E-state index contributed by atoms with van der Waals surface area (Å²) in [7, 11) is -4.35. The minimum Gasteiger partial charge on any atom is -0.478 e. The molecule has 0 spiro atoms. The molecule has 34 heavy (non-hydrogen) atoms. The number of nitrogens with zero attached hydrogens (tertiary/aromatic N) is 2. The number of hydrogen-bond acceptors (Lipinski definition) is 9. The average Bonchev–Trinajstić information content (AvgIpc) is 3.37. The van der Waals surface area contributed by atoms with Crippen LogP contribution >= 0.6 is 0 Å². The number of carboxylic acid groups (broad SMARTS) is 1. The summed E-state index contributed by atoms with van der Waals surface area (Å²) in [5.41, 5.74) is -2.52. The normalized spacial score (nSPS) is 13.1. The number of carboxylic acids is 1. The second-order valence-electron chi connectivity index (χ2n) is 7.01. The Balaban J connectivity index is 1.71. The second kappa shape index (κ2) is 11.4. The number of rotatable bonds is 13. The molecule has 0 bridgehead atoms. The number of benzene rings is 1. The minimum atomic E-state index is -4.35. The summed E-state index contributed by atoms with van der Waals surface area (Å²) in [6.45, 7) is -0.158. The van der Waals surface area contributed by atoms with Gasteiger partial charge < -0.3 is 25.0 Å². The van der Waals surface area contributed by atoms with Crippen LogP contribution in [0.15, 0.2) is 76.4 Å². The number of nitrogens with one attached hydrogen (secondary N) is 3. The molecule has 4 N–H and O–H groups in total. The van der Waals surface area contributed by atoms with Gasteiger partial charge in [0.05, 0.1) is 17.7 Å². The quantitative estimate of drug-likeness (QED) is 0.201. The van der Waals surface area contributed by atoms with Crippen molar-refractivity contribution in [2.45, 2.75) is 17.0 Å². The zero-order valence-electron chi connectivity index (χ0n) is 17.9. The highest BCUT2D eigenvalue weighted by Gasteiger charge is 2.45. The molecule has 3 aromatic rings. The molecule has 0 saturated heterocycles. The van der Waals surface area contributed by atoms with Crippen LogP contribution in [0.5, 0.6) is 0 Å². The summed E-state index contributed by atoms with van der Waals surface area (Å²) in [4.78, 5) is 28.7. The number of aromatic nitrogens is 2.